The van der Waals surface area contributed by atoms with Gasteiger partial charge in [0.1, 0.15) is 0 Å². The minimum atomic E-state index is -1.38. The van der Waals surface area contributed by atoms with Crippen LogP contribution < -0.4 is 5.32 Å². The van der Waals surface area contributed by atoms with Gasteiger partial charge in [-0.25, -0.2) is 0 Å². The molecule has 0 aliphatic rings. The van der Waals surface area contributed by atoms with Gasteiger partial charge in [0.25, 0.3) is 5.91 Å². The molecular weight excluding hydrogens is 462 g/mol. The second-order valence-corrected chi connectivity index (χ2v) is 9.36. The summed E-state index contributed by atoms with van der Waals surface area (Å²) < 4.78 is 5.51. The summed E-state index contributed by atoms with van der Waals surface area (Å²) in [4.78, 5) is 29.7. The quantitative estimate of drug-likeness (QED) is 0.427. The molecular formula is C28H28ClN3O3. The van der Waals surface area contributed by atoms with Gasteiger partial charge in [-0.15, -0.1) is 0 Å². The van der Waals surface area contributed by atoms with Gasteiger partial charge in [-0.1, -0.05) is 41.9 Å². The van der Waals surface area contributed by atoms with Crippen molar-refractivity contribution in [3.05, 3.63) is 100 Å². The summed E-state index contributed by atoms with van der Waals surface area (Å²) >= 11 is 6.04. The van der Waals surface area contributed by atoms with E-state index >= 15 is 0 Å². The molecule has 2 unspecified atom stereocenters. The van der Waals surface area contributed by atoms with Crippen LogP contribution in [0.5, 0.6) is 0 Å². The van der Waals surface area contributed by atoms with Crippen molar-refractivity contribution in [1.29, 1.82) is 5.26 Å². The summed E-state index contributed by atoms with van der Waals surface area (Å²) in [6.45, 7) is 5.04. The number of halogens is 1. The van der Waals surface area contributed by atoms with Crippen molar-refractivity contribution in [3.63, 3.8) is 0 Å². The van der Waals surface area contributed by atoms with Crippen LogP contribution in [-0.4, -0.2) is 28.5 Å². The Balaban J connectivity index is 1.75. The van der Waals surface area contributed by atoms with Crippen molar-refractivity contribution < 1.29 is 14.3 Å². The number of ether oxygens (including phenoxy) is 1. The standard InChI is InChI=1S/C28H28ClN3O3/c1-19(32-27(34)28(2,3)35-26(33)17-24-9-4-5-14-31-24)25(16-20-10-12-23(29)13-11-20)22-8-6-7-21(15-22)18-30/h4-15,19,25H,16-17H2,1-3H3,(H,32,34). The van der Waals surface area contributed by atoms with Crippen LogP contribution in [0.3, 0.4) is 0 Å². The molecule has 2 aromatic carbocycles. The molecule has 6 nitrogen and oxygen atoms in total. The van der Waals surface area contributed by atoms with Gasteiger partial charge in [-0.3, -0.25) is 14.6 Å². The predicted molar refractivity (Wildman–Crippen MR) is 135 cm³/mol. The molecule has 1 aromatic heterocycles. The Morgan fingerprint density at radius 1 is 1.11 bits per heavy atom. The van der Waals surface area contributed by atoms with E-state index in [-0.39, 0.29) is 18.4 Å². The summed E-state index contributed by atoms with van der Waals surface area (Å²) in [5.41, 5.74) is 1.72. The number of hydrogen-bond donors (Lipinski definition) is 1. The van der Waals surface area contributed by atoms with Gasteiger partial charge < -0.3 is 10.1 Å². The number of amides is 1. The number of esters is 1. The highest BCUT2D eigenvalue weighted by atomic mass is 35.5. The molecule has 0 bridgehead atoms. The second-order valence-electron chi connectivity index (χ2n) is 8.92. The number of hydrogen-bond acceptors (Lipinski definition) is 5. The van der Waals surface area contributed by atoms with E-state index in [9.17, 15) is 14.9 Å². The van der Waals surface area contributed by atoms with Crippen LogP contribution in [0, 0.1) is 11.3 Å². The number of aromatic nitrogens is 1. The van der Waals surface area contributed by atoms with E-state index in [2.05, 4.69) is 16.4 Å². The van der Waals surface area contributed by atoms with Crippen molar-refractivity contribution >= 4 is 23.5 Å². The first-order valence-electron chi connectivity index (χ1n) is 11.3. The second kappa shape index (κ2) is 11.6. The number of carbonyl (C=O) groups excluding carboxylic acids is 2. The van der Waals surface area contributed by atoms with Crippen LogP contribution in [0.4, 0.5) is 0 Å². The van der Waals surface area contributed by atoms with Crippen molar-refractivity contribution in [2.45, 2.75) is 51.2 Å². The first-order chi connectivity index (χ1) is 16.7. The highest BCUT2D eigenvalue weighted by Crippen LogP contribution is 2.27. The predicted octanol–water partition coefficient (Wildman–Crippen LogP) is 5.00. The summed E-state index contributed by atoms with van der Waals surface area (Å²) in [6.07, 6.45) is 2.20. The number of pyridine rings is 1. The number of nitriles is 1. The Morgan fingerprint density at radius 2 is 1.86 bits per heavy atom. The molecule has 0 saturated heterocycles. The van der Waals surface area contributed by atoms with Crippen LogP contribution in [0.25, 0.3) is 0 Å². The molecule has 0 fully saturated rings. The smallest absolute Gasteiger partial charge is 0.312 e. The third-order valence-corrected chi connectivity index (χ3v) is 5.99. The zero-order valence-corrected chi connectivity index (χ0v) is 20.8. The zero-order valence-electron chi connectivity index (χ0n) is 20.0. The molecule has 3 aromatic rings. The fraction of sp³-hybridized carbons (Fsp3) is 0.286. The lowest BCUT2D eigenvalue weighted by molar-refractivity contribution is -0.164. The topological polar surface area (TPSA) is 92.1 Å². The average molecular weight is 490 g/mol. The van der Waals surface area contributed by atoms with Crippen LogP contribution >= 0.6 is 11.6 Å². The maximum absolute atomic E-state index is 13.1. The number of benzene rings is 2. The minimum Gasteiger partial charge on any atom is -0.449 e. The van der Waals surface area contributed by atoms with Crippen molar-refractivity contribution in [2.24, 2.45) is 0 Å². The molecule has 2 atom stereocenters. The third kappa shape index (κ3) is 7.40. The van der Waals surface area contributed by atoms with Crippen molar-refractivity contribution in [3.8, 4) is 6.07 Å². The molecule has 0 aliphatic heterocycles. The summed E-state index contributed by atoms with van der Waals surface area (Å²) in [7, 11) is 0. The highest BCUT2D eigenvalue weighted by Gasteiger charge is 2.34. The zero-order chi connectivity index (χ0) is 25.4. The normalized spacial score (nSPS) is 12.8. The first-order valence-corrected chi connectivity index (χ1v) is 11.7. The Bertz CT molecular complexity index is 1200. The Kier molecular flexibility index (Phi) is 8.62. The van der Waals surface area contributed by atoms with Crippen molar-refractivity contribution in [2.75, 3.05) is 0 Å². The van der Waals surface area contributed by atoms with Crippen LogP contribution in [-0.2, 0) is 27.2 Å². The molecule has 7 heteroatoms. The van der Waals surface area contributed by atoms with Gasteiger partial charge in [0.15, 0.2) is 5.60 Å². The molecule has 1 amide bonds. The SMILES string of the molecule is CC(NC(=O)C(C)(C)OC(=O)Cc1ccccn1)C(Cc1ccc(Cl)cc1)c1cccc(C#N)c1. The summed E-state index contributed by atoms with van der Waals surface area (Å²) in [5, 5.41) is 13.0. The highest BCUT2D eigenvalue weighted by molar-refractivity contribution is 6.30. The molecule has 1 heterocycles. The monoisotopic (exact) mass is 489 g/mol. The summed E-state index contributed by atoms with van der Waals surface area (Å²) in [5.74, 6) is -1.07. The molecule has 0 saturated carbocycles. The maximum Gasteiger partial charge on any atom is 0.312 e. The Labute approximate surface area is 210 Å². The van der Waals surface area contributed by atoms with Gasteiger partial charge in [0.05, 0.1) is 23.7 Å². The third-order valence-electron chi connectivity index (χ3n) is 5.74. The van der Waals surface area contributed by atoms with Gasteiger partial charge in [-0.05, 0) is 74.7 Å². The van der Waals surface area contributed by atoms with E-state index in [1.165, 1.54) is 0 Å². The molecule has 1 N–H and O–H groups in total. The molecule has 0 spiro atoms. The largest absolute Gasteiger partial charge is 0.449 e. The van der Waals surface area contributed by atoms with E-state index in [4.69, 9.17) is 16.3 Å². The first kappa shape index (κ1) is 25.9. The molecule has 0 radical (unpaired) electrons. The van der Waals surface area contributed by atoms with Gasteiger partial charge in [0.2, 0.25) is 0 Å². The van der Waals surface area contributed by atoms with Crippen LogP contribution in [0.1, 0.15) is 49.1 Å². The van der Waals surface area contributed by atoms with Gasteiger partial charge in [0, 0.05) is 23.2 Å². The minimum absolute atomic E-state index is 0.0206. The number of carbonyl (C=O) groups is 2. The van der Waals surface area contributed by atoms with Crippen LogP contribution in [0.15, 0.2) is 72.9 Å². The molecule has 0 aliphatic carbocycles. The van der Waals surface area contributed by atoms with Crippen molar-refractivity contribution in [1.82, 2.24) is 10.3 Å². The Morgan fingerprint density at radius 3 is 2.51 bits per heavy atom. The average Bonchev–Trinajstić information content (AvgIpc) is 2.83. The fourth-order valence-electron chi connectivity index (χ4n) is 3.80. The molecule has 180 valence electrons. The molecule has 35 heavy (non-hydrogen) atoms. The van der Waals surface area contributed by atoms with E-state index in [0.717, 1.165) is 11.1 Å². The lowest BCUT2D eigenvalue weighted by Gasteiger charge is -2.30. The lowest BCUT2D eigenvalue weighted by atomic mass is 9.85. The van der Waals surface area contributed by atoms with E-state index < -0.39 is 17.5 Å². The number of nitrogens with one attached hydrogen (secondary N) is 1. The molecule has 3 rings (SSSR count). The van der Waals surface area contributed by atoms with Gasteiger partial charge >= 0.3 is 5.97 Å². The lowest BCUT2D eigenvalue weighted by Crippen LogP contribution is -2.50. The fourth-order valence-corrected chi connectivity index (χ4v) is 3.92. The van der Waals surface area contributed by atoms with Gasteiger partial charge in [-0.2, -0.15) is 5.26 Å². The van der Waals surface area contributed by atoms with E-state index in [1.54, 1.807) is 44.3 Å². The number of rotatable bonds is 9. The number of nitrogens with zero attached hydrogens (tertiary/aromatic N) is 2. The summed E-state index contributed by atoms with van der Waals surface area (Å²) in [6, 6.07) is 22.0. The van der Waals surface area contributed by atoms with Crippen LogP contribution in [0.2, 0.25) is 5.02 Å². The maximum atomic E-state index is 13.1. The van der Waals surface area contributed by atoms with E-state index in [0.29, 0.717) is 22.7 Å². The van der Waals surface area contributed by atoms with E-state index in [1.807, 2.05) is 49.4 Å². The Hall–Kier alpha value is -3.69.